The standard InChI is InChI=1S/C13H13N5OS2/c1-6(2)11-17-18-13(21-11)16-10(19)7-3-4-8-9(5-7)20-12(14)15-8/h3-6H,1-2H3,(H2,14,15)(H,16,18,19). The van der Waals surface area contributed by atoms with Crippen molar-refractivity contribution in [1.82, 2.24) is 15.2 Å². The predicted molar refractivity (Wildman–Crippen MR) is 86.0 cm³/mol. The number of thiazole rings is 1. The molecule has 0 aliphatic heterocycles. The van der Waals surface area contributed by atoms with Crippen LogP contribution in [0.1, 0.15) is 35.1 Å². The number of nitrogens with zero attached hydrogens (tertiary/aromatic N) is 3. The Bertz CT molecular complexity index is 808. The SMILES string of the molecule is CC(C)c1nnc(NC(=O)c2ccc3nc(N)sc3c2)s1. The maximum absolute atomic E-state index is 12.2. The van der Waals surface area contributed by atoms with Crippen LogP contribution in [0.25, 0.3) is 10.2 Å². The summed E-state index contributed by atoms with van der Waals surface area (Å²) in [5.41, 5.74) is 7.01. The maximum Gasteiger partial charge on any atom is 0.257 e. The summed E-state index contributed by atoms with van der Waals surface area (Å²) in [6.07, 6.45) is 0. The van der Waals surface area contributed by atoms with E-state index in [-0.39, 0.29) is 5.91 Å². The fourth-order valence-corrected chi connectivity index (χ4v) is 3.29. The van der Waals surface area contributed by atoms with Crippen LogP contribution in [0.2, 0.25) is 0 Å². The molecule has 8 heteroatoms. The topological polar surface area (TPSA) is 93.8 Å². The van der Waals surface area contributed by atoms with Crippen molar-refractivity contribution in [3.05, 3.63) is 28.8 Å². The second kappa shape index (κ2) is 5.38. The first-order valence-corrected chi connectivity index (χ1v) is 7.97. The van der Waals surface area contributed by atoms with Crippen molar-refractivity contribution >= 4 is 49.1 Å². The first-order valence-electron chi connectivity index (χ1n) is 6.34. The summed E-state index contributed by atoms with van der Waals surface area (Å²) in [6.45, 7) is 4.07. The number of aromatic nitrogens is 3. The summed E-state index contributed by atoms with van der Waals surface area (Å²) >= 11 is 2.75. The lowest BCUT2D eigenvalue weighted by molar-refractivity contribution is 0.102. The minimum atomic E-state index is -0.213. The number of hydrogen-bond donors (Lipinski definition) is 2. The van der Waals surface area contributed by atoms with Gasteiger partial charge < -0.3 is 5.73 Å². The highest BCUT2D eigenvalue weighted by molar-refractivity contribution is 7.22. The smallest absolute Gasteiger partial charge is 0.257 e. The molecule has 0 unspecified atom stereocenters. The van der Waals surface area contributed by atoms with Gasteiger partial charge in [-0.2, -0.15) is 0 Å². The highest BCUT2D eigenvalue weighted by Crippen LogP contribution is 2.26. The van der Waals surface area contributed by atoms with Crippen molar-refractivity contribution in [3.63, 3.8) is 0 Å². The van der Waals surface area contributed by atoms with Crippen molar-refractivity contribution < 1.29 is 4.79 Å². The largest absolute Gasteiger partial charge is 0.375 e. The molecule has 3 rings (SSSR count). The van der Waals surface area contributed by atoms with Gasteiger partial charge in [0, 0.05) is 11.5 Å². The molecule has 108 valence electrons. The number of carbonyl (C=O) groups is 1. The Morgan fingerprint density at radius 3 is 2.81 bits per heavy atom. The van der Waals surface area contributed by atoms with Crippen LogP contribution in [0.3, 0.4) is 0 Å². The maximum atomic E-state index is 12.2. The molecule has 0 fully saturated rings. The highest BCUT2D eigenvalue weighted by atomic mass is 32.1. The number of rotatable bonds is 3. The van der Waals surface area contributed by atoms with E-state index in [2.05, 4.69) is 20.5 Å². The Morgan fingerprint density at radius 2 is 2.10 bits per heavy atom. The van der Waals surface area contributed by atoms with E-state index >= 15 is 0 Å². The van der Waals surface area contributed by atoms with E-state index in [1.54, 1.807) is 18.2 Å². The molecule has 3 N–H and O–H groups in total. The lowest BCUT2D eigenvalue weighted by atomic mass is 10.2. The van der Waals surface area contributed by atoms with E-state index in [9.17, 15) is 4.79 Å². The predicted octanol–water partition coefficient (Wildman–Crippen LogP) is 3.11. The molecule has 1 amide bonds. The molecule has 0 aliphatic rings. The lowest BCUT2D eigenvalue weighted by Crippen LogP contribution is -2.11. The number of amides is 1. The van der Waals surface area contributed by atoms with E-state index < -0.39 is 0 Å². The minimum Gasteiger partial charge on any atom is -0.375 e. The van der Waals surface area contributed by atoms with Crippen molar-refractivity contribution in [2.24, 2.45) is 0 Å². The molecular formula is C13H13N5OS2. The van der Waals surface area contributed by atoms with E-state index in [1.807, 2.05) is 13.8 Å². The number of anilines is 2. The molecule has 0 atom stereocenters. The molecular weight excluding hydrogens is 306 g/mol. The number of nitrogens with two attached hydrogens (primary N) is 1. The zero-order valence-electron chi connectivity index (χ0n) is 11.5. The molecule has 0 aliphatic carbocycles. The second-order valence-corrected chi connectivity index (χ2v) is 6.86. The zero-order chi connectivity index (χ0) is 15.0. The fraction of sp³-hybridized carbons (Fsp3) is 0.231. The average Bonchev–Trinajstić information content (AvgIpc) is 3.02. The van der Waals surface area contributed by atoms with Crippen LogP contribution >= 0.6 is 22.7 Å². The van der Waals surface area contributed by atoms with Crippen molar-refractivity contribution in [2.75, 3.05) is 11.1 Å². The molecule has 2 aromatic heterocycles. The van der Waals surface area contributed by atoms with Gasteiger partial charge in [0.25, 0.3) is 5.91 Å². The highest BCUT2D eigenvalue weighted by Gasteiger charge is 2.13. The first-order chi connectivity index (χ1) is 10.0. The number of fused-ring (bicyclic) bond motifs is 1. The van der Waals surface area contributed by atoms with Gasteiger partial charge in [-0.1, -0.05) is 36.5 Å². The second-order valence-electron chi connectivity index (χ2n) is 4.79. The quantitative estimate of drug-likeness (QED) is 0.773. The van der Waals surface area contributed by atoms with Gasteiger partial charge in [-0.3, -0.25) is 10.1 Å². The minimum absolute atomic E-state index is 0.213. The van der Waals surface area contributed by atoms with Gasteiger partial charge in [-0.15, -0.1) is 10.2 Å². The molecule has 0 saturated carbocycles. The van der Waals surface area contributed by atoms with Gasteiger partial charge in [0.15, 0.2) is 5.13 Å². The van der Waals surface area contributed by atoms with Crippen LogP contribution in [0.15, 0.2) is 18.2 Å². The molecule has 2 heterocycles. The zero-order valence-corrected chi connectivity index (χ0v) is 13.1. The van der Waals surface area contributed by atoms with Crippen LogP contribution in [0.5, 0.6) is 0 Å². The monoisotopic (exact) mass is 319 g/mol. The average molecular weight is 319 g/mol. The first kappa shape index (κ1) is 13.9. The van der Waals surface area contributed by atoms with Crippen LogP contribution in [0, 0.1) is 0 Å². The summed E-state index contributed by atoms with van der Waals surface area (Å²) < 4.78 is 0.889. The Hall–Kier alpha value is -2.06. The lowest BCUT2D eigenvalue weighted by Gasteiger charge is -2.01. The summed E-state index contributed by atoms with van der Waals surface area (Å²) in [5, 5.41) is 12.7. The Labute approximate surface area is 129 Å². The fourth-order valence-electron chi connectivity index (χ4n) is 1.77. The number of nitrogen functional groups attached to an aromatic ring is 1. The number of benzene rings is 1. The van der Waals surface area contributed by atoms with Crippen molar-refractivity contribution in [1.29, 1.82) is 0 Å². The van der Waals surface area contributed by atoms with E-state index in [0.29, 0.717) is 21.7 Å². The van der Waals surface area contributed by atoms with E-state index in [4.69, 9.17) is 5.73 Å². The molecule has 0 saturated heterocycles. The van der Waals surface area contributed by atoms with Crippen molar-refractivity contribution in [3.8, 4) is 0 Å². The van der Waals surface area contributed by atoms with Gasteiger partial charge in [0.05, 0.1) is 10.2 Å². The third-order valence-electron chi connectivity index (χ3n) is 2.82. The van der Waals surface area contributed by atoms with E-state index in [1.165, 1.54) is 22.7 Å². The molecule has 1 aromatic carbocycles. The van der Waals surface area contributed by atoms with Crippen LogP contribution in [-0.2, 0) is 0 Å². The normalized spacial score (nSPS) is 11.2. The summed E-state index contributed by atoms with van der Waals surface area (Å²) in [7, 11) is 0. The molecule has 3 aromatic rings. The van der Waals surface area contributed by atoms with Gasteiger partial charge in [-0.05, 0) is 18.2 Å². The Balaban J connectivity index is 1.82. The van der Waals surface area contributed by atoms with Gasteiger partial charge in [0.1, 0.15) is 5.01 Å². The summed E-state index contributed by atoms with van der Waals surface area (Å²) in [5.74, 6) is 0.0833. The molecule has 0 spiro atoms. The molecule has 0 bridgehead atoms. The number of carbonyl (C=O) groups excluding carboxylic acids is 1. The molecule has 6 nitrogen and oxygen atoms in total. The number of hydrogen-bond acceptors (Lipinski definition) is 7. The Morgan fingerprint density at radius 1 is 1.29 bits per heavy atom. The van der Waals surface area contributed by atoms with Crippen LogP contribution in [0.4, 0.5) is 10.3 Å². The van der Waals surface area contributed by atoms with E-state index in [0.717, 1.165) is 15.2 Å². The third kappa shape index (κ3) is 2.86. The Kier molecular flexibility index (Phi) is 3.56. The summed E-state index contributed by atoms with van der Waals surface area (Å²) in [4.78, 5) is 16.4. The van der Waals surface area contributed by atoms with Crippen LogP contribution < -0.4 is 11.1 Å². The van der Waals surface area contributed by atoms with Crippen molar-refractivity contribution in [2.45, 2.75) is 19.8 Å². The van der Waals surface area contributed by atoms with Gasteiger partial charge >= 0.3 is 0 Å². The van der Waals surface area contributed by atoms with Crippen LogP contribution in [-0.4, -0.2) is 21.1 Å². The van der Waals surface area contributed by atoms with Gasteiger partial charge in [-0.25, -0.2) is 4.98 Å². The third-order valence-corrected chi connectivity index (χ3v) is 4.81. The molecule has 0 radical (unpaired) electrons. The molecule has 21 heavy (non-hydrogen) atoms. The summed E-state index contributed by atoms with van der Waals surface area (Å²) in [6, 6.07) is 5.29. The number of nitrogens with one attached hydrogen (secondary N) is 1. The van der Waals surface area contributed by atoms with Gasteiger partial charge in [0.2, 0.25) is 5.13 Å².